The van der Waals surface area contributed by atoms with Crippen LogP contribution < -0.4 is 4.74 Å². The summed E-state index contributed by atoms with van der Waals surface area (Å²) in [4.78, 5) is 14.2. The van der Waals surface area contributed by atoms with Gasteiger partial charge in [0.15, 0.2) is 0 Å². The lowest BCUT2D eigenvalue weighted by molar-refractivity contribution is 0.0521. The molecular formula is C26H31ClFNO3. The number of carbonyl (C=O) groups is 1. The first-order chi connectivity index (χ1) is 14.9. The molecule has 2 aromatic rings. The van der Waals surface area contributed by atoms with E-state index in [0.29, 0.717) is 11.5 Å². The highest BCUT2D eigenvalue weighted by molar-refractivity contribution is 5.90. The highest BCUT2D eigenvalue weighted by atomic mass is 35.5. The quantitative estimate of drug-likeness (QED) is 0.485. The molecule has 0 aromatic heterocycles. The van der Waals surface area contributed by atoms with Gasteiger partial charge in [0.25, 0.3) is 0 Å². The summed E-state index contributed by atoms with van der Waals surface area (Å²) in [5.41, 5.74) is 3.72. The van der Waals surface area contributed by atoms with E-state index in [0.717, 1.165) is 36.3 Å². The Morgan fingerprint density at radius 2 is 1.97 bits per heavy atom. The summed E-state index contributed by atoms with van der Waals surface area (Å²) in [6.45, 7) is 2.85. The number of rotatable bonds is 7. The van der Waals surface area contributed by atoms with E-state index in [9.17, 15) is 9.18 Å². The molecule has 2 aromatic carbocycles. The highest BCUT2D eigenvalue weighted by Crippen LogP contribution is 2.37. The van der Waals surface area contributed by atoms with Crippen molar-refractivity contribution in [3.63, 3.8) is 0 Å². The van der Waals surface area contributed by atoms with Crippen molar-refractivity contribution in [3.8, 4) is 5.75 Å². The van der Waals surface area contributed by atoms with Crippen LogP contribution in [0.2, 0.25) is 0 Å². The van der Waals surface area contributed by atoms with Gasteiger partial charge in [-0.3, -0.25) is 0 Å². The average molecular weight is 460 g/mol. The maximum atomic E-state index is 15.0. The Morgan fingerprint density at radius 3 is 2.66 bits per heavy atom. The number of methoxy groups -OCH3 is 1. The first kappa shape index (κ1) is 25.6. The largest absolute Gasteiger partial charge is 0.497 e. The molecule has 4 nitrogen and oxygen atoms in total. The minimum atomic E-state index is -0.637. The van der Waals surface area contributed by atoms with Crippen LogP contribution >= 0.6 is 12.4 Å². The van der Waals surface area contributed by atoms with E-state index < -0.39 is 11.8 Å². The van der Waals surface area contributed by atoms with Crippen molar-refractivity contribution in [2.75, 3.05) is 34.4 Å². The predicted octanol–water partition coefficient (Wildman–Crippen LogP) is 5.87. The molecule has 0 N–H and O–H groups in total. The molecule has 1 aliphatic rings. The summed E-state index contributed by atoms with van der Waals surface area (Å²) < 4.78 is 25.4. The summed E-state index contributed by atoms with van der Waals surface area (Å²) in [5, 5.41) is 0. The van der Waals surface area contributed by atoms with E-state index in [1.165, 1.54) is 11.6 Å². The fourth-order valence-electron chi connectivity index (χ4n) is 3.98. The van der Waals surface area contributed by atoms with Gasteiger partial charge >= 0.3 is 5.97 Å². The summed E-state index contributed by atoms with van der Waals surface area (Å²) >= 11 is 0. The third kappa shape index (κ3) is 6.21. The molecule has 3 rings (SSSR count). The van der Waals surface area contributed by atoms with Gasteiger partial charge in [-0.05, 0) is 80.8 Å². The van der Waals surface area contributed by atoms with Crippen molar-refractivity contribution >= 4 is 30.0 Å². The van der Waals surface area contributed by atoms with Crippen LogP contribution in [0, 0.1) is 11.7 Å². The maximum absolute atomic E-state index is 15.0. The van der Waals surface area contributed by atoms with Gasteiger partial charge in [-0.25, -0.2) is 9.18 Å². The van der Waals surface area contributed by atoms with Crippen LogP contribution in [-0.4, -0.2) is 45.2 Å². The Balaban J connectivity index is 0.00000363. The molecule has 0 spiro atoms. The SMILES string of the molecule is CCOC(=O)c1cccc(/C=C2\C=C(c3cccc(OC)c3)C(CN(C)C)CC2)c1F.Cl. The van der Waals surface area contributed by atoms with Crippen LogP contribution in [0.15, 0.2) is 54.1 Å². The Bertz CT molecular complexity index is 1000. The van der Waals surface area contributed by atoms with Gasteiger partial charge in [0, 0.05) is 12.1 Å². The molecule has 0 saturated heterocycles. The number of carbonyl (C=O) groups excluding carboxylic acids is 1. The van der Waals surface area contributed by atoms with Gasteiger partial charge in [0.05, 0.1) is 19.3 Å². The molecule has 0 amide bonds. The molecule has 0 aliphatic heterocycles. The molecule has 0 saturated carbocycles. The molecular weight excluding hydrogens is 429 g/mol. The molecule has 0 radical (unpaired) electrons. The predicted molar refractivity (Wildman–Crippen MR) is 130 cm³/mol. The molecule has 172 valence electrons. The van der Waals surface area contributed by atoms with Crippen molar-refractivity contribution in [3.05, 3.63) is 76.6 Å². The van der Waals surface area contributed by atoms with Crippen LogP contribution in [0.4, 0.5) is 4.39 Å². The van der Waals surface area contributed by atoms with Gasteiger partial charge in [0.1, 0.15) is 11.6 Å². The van der Waals surface area contributed by atoms with E-state index in [2.05, 4.69) is 31.1 Å². The number of halogens is 2. The topological polar surface area (TPSA) is 38.8 Å². The number of esters is 1. The zero-order valence-electron chi connectivity index (χ0n) is 19.1. The lowest BCUT2D eigenvalue weighted by Crippen LogP contribution is -2.24. The fourth-order valence-corrected chi connectivity index (χ4v) is 3.98. The number of benzene rings is 2. The van der Waals surface area contributed by atoms with E-state index in [-0.39, 0.29) is 24.6 Å². The second-order valence-corrected chi connectivity index (χ2v) is 7.98. The molecule has 0 bridgehead atoms. The Morgan fingerprint density at radius 1 is 1.22 bits per heavy atom. The van der Waals surface area contributed by atoms with Crippen LogP contribution in [0.25, 0.3) is 11.6 Å². The molecule has 1 atom stereocenters. The summed E-state index contributed by atoms with van der Waals surface area (Å²) in [6, 6.07) is 12.9. The van der Waals surface area contributed by atoms with Crippen molar-refractivity contribution in [1.82, 2.24) is 4.90 Å². The maximum Gasteiger partial charge on any atom is 0.341 e. The van der Waals surface area contributed by atoms with Crippen LogP contribution in [0.3, 0.4) is 0 Å². The van der Waals surface area contributed by atoms with Crippen LogP contribution in [-0.2, 0) is 4.74 Å². The van der Waals surface area contributed by atoms with Crippen LogP contribution in [0.5, 0.6) is 5.75 Å². The number of hydrogen-bond acceptors (Lipinski definition) is 4. The Kier molecular flexibility index (Phi) is 9.48. The number of allylic oxidation sites excluding steroid dienone is 2. The van der Waals surface area contributed by atoms with Crippen molar-refractivity contribution in [2.45, 2.75) is 19.8 Å². The average Bonchev–Trinajstić information content (AvgIpc) is 2.76. The zero-order chi connectivity index (χ0) is 22.4. The van der Waals surface area contributed by atoms with Crippen molar-refractivity contribution in [1.29, 1.82) is 0 Å². The third-order valence-electron chi connectivity index (χ3n) is 5.42. The van der Waals surface area contributed by atoms with E-state index in [1.807, 2.05) is 24.3 Å². The van der Waals surface area contributed by atoms with Gasteiger partial charge < -0.3 is 14.4 Å². The Labute approximate surface area is 196 Å². The second-order valence-electron chi connectivity index (χ2n) is 7.98. The first-order valence-electron chi connectivity index (χ1n) is 10.6. The van der Waals surface area contributed by atoms with Crippen molar-refractivity contribution < 1.29 is 18.7 Å². The van der Waals surface area contributed by atoms with E-state index in [4.69, 9.17) is 9.47 Å². The monoisotopic (exact) mass is 459 g/mol. The van der Waals surface area contributed by atoms with E-state index in [1.54, 1.807) is 26.2 Å². The lowest BCUT2D eigenvalue weighted by atomic mass is 9.81. The van der Waals surface area contributed by atoms with Gasteiger partial charge in [-0.2, -0.15) is 0 Å². The van der Waals surface area contributed by atoms with Gasteiger partial charge in [-0.15, -0.1) is 12.4 Å². The first-order valence-corrected chi connectivity index (χ1v) is 10.6. The number of ether oxygens (including phenoxy) is 2. The van der Waals surface area contributed by atoms with E-state index >= 15 is 0 Å². The number of nitrogens with zero attached hydrogens (tertiary/aromatic N) is 1. The third-order valence-corrected chi connectivity index (χ3v) is 5.42. The number of hydrogen-bond donors (Lipinski definition) is 0. The smallest absolute Gasteiger partial charge is 0.341 e. The second kappa shape index (κ2) is 11.8. The van der Waals surface area contributed by atoms with Crippen molar-refractivity contribution in [2.24, 2.45) is 5.92 Å². The Hall–Kier alpha value is -2.63. The zero-order valence-corrected chi connectivity index (χ0v) is 19.9. The van der Waals surface area contributed by atoms with Gasteiger partial charge in [0.2, 0.25) is 0 Å². The molecule has 6 heteroatoms. The fraction of sp³-hybridized carbons (Fsp3) is 0.346. The summed E-state index contributed by atoms with van der Waals surface area (Å²) in [6.07, 6.45) is 5.80. The molecule has 0 fully saturated rings. The molecule has 1 aliphatic carbocycles. The minimum absolute atomic E-state index is 0. The molecule has 1 unspecified atom stereocenters. The minimum Gasteiger partial charge on any atom is -0.497 e. The molecule has 0 heterocycles. The van der Waals surface area contributed by atoms with Gasteiger partial charge in [-0.1, -0.05) is 30.3 Å². The summed E-state index contributed by atoms with van der Waals surface area (Å²) in [5.74, 6) is 0.00371. The molecule has 32 heavy (non-hydrogen) atoms. The highest BCUT2D eigenvalue weighted by Gasteiger charge is 2.23. The summed E-state index contributed by atoms with van der Waals surface area (Å²) in [7, 11) is 5.81. The van der Waals surface area contributed by atoms with Crippen LogP contribution in [0.1, 0.15) is 41.3 Å². The normalized spacial score (nSPS) is 17.0. The standard InChI is InChI=1S/C26H30FNO3.ClH/c1-5-31-26(29)23-11-7-9-20(25(23)27)14-18-12-13-21(17-28(2)3)24(15-18)19-8-6-10-22(16-19)30-4;/h6-11,14-16,21H,5,12-13,17H2,1-4H3;1H/b18-14-;. The lowest BCUT2D eigenvalue weighted by Gasteiger charge is -2.29.